The summed E-state index contributed by atoms with van der Waals surface area (Å²) in [5, 5.41) is 0. The van der Waals surface area contributed by atoms with Crippen LogP contribution in [0.4, 0.5) is 0 Å². The Balaban J connectivity index is 4.09. The highest BCUT2D eigenvalue weighted by Gasteiger charge is 2.19. The maximum atomic E-state index is 5.27. The smallest absolute Gasteiger partial charge is 0.0994 e. The van der Waals surface area contributed by atoms with Crippen molar-refractivity contribution < 1.29 is 4.74 Å². The first-order chi connectivity index (χ1) is 5.04. The molecule has 0 fully saturated rings. The standard InChI is InChI=1S/C9H19NO/c1-6-7-10-8(2)9(3,4)11-5/h6-7H2,1-5H3. The van der Waals surface area contributed by atoms with E-state index in [1.54, 1.807) is 7.11 Å². The maximum Gasteiger partial charge on any atom is 0.0994 e. The Morgan fingerprint density at radius 3 is 2.36 bits per heavy atom. The van der Waals surface area contributed by atoms with Crippen LogP contribution in [-0.2, 0) is 4.74 Å². The molecule has 0 saturated carbocycles. The second kappa shape index (κ2) is 4.50. The van der Waals surface area contributed by atoms with Gasteiger partial charge in [0.05, 0.1) is 5.60 Å². The van der Waals surface area contributed by atoms with Gasteiger partial charge in [0.1, 0.15) is 0 Å². The fraction of sp³-hybridized carbons (Fsp3) is 0.889. The number of nitrogens with zero attached hydrogens (tertiary/aromatic N) is 1. The van der Waals surface area contributed by atoms with Crippen LogP contribution in [0.5, 0.6) is 0 Å². The average Bonchev–Trinajstić information content (AvgIpc) is 2.00. The molecular weight excluding hydrogens is 138 g/mol. The van der Waals surface area contributed by atoms with E-state index in [-0.39, 0.29) is 5.60 Å². The highest BCUT2D eigenvalue weighted by molar-refractivity contribution is 5.89. The number of rotatable bonds is 4. The Hall–Kier alpha value is -0.370. The zero-order valence-corrected chi connectivity index (χ0v) is 8.27. The summed E-state index contributed by atoms with van der Waals surface area (Å²) < 4.78 is 5.27. The van der Waals surface area contributed by atoms with E-state index in [1.165, 1.54) is 0 Å². The van der Waals surface area contributed by atoms with E-state index in [0.29, 0.717) is 0 Å². The molecule has 0 aliphatic carbocycles. The number of ether oxygens (including phenoxy) is 1. The molecule has 0 radical (unpaired) electrons. The molecule has 0 aliphatic rings. The van der Waals surface area contributed by atoms with E-state index in [1.807, 2.05) is 20.8 Å². The molecule has 0 heterocycles. The Morgan fingerprint density at radius 2 is 2.00 bits per heavy atom. The summed E-state index contributed by atoms with van der Waals surface area (Å²) >= 11 is 0. The van der Waals surface area contributed by atoms with Gasteiger partial charge in [-0.05, 0) is 27.2 Å². The Morgan fingerprint density at radius 1 is 1.45 bits per heavy atom. The lowest BCUT2D eigenvalue weighted by atomic mass is 10.0. The van der Waals surface area contributed by atoms with Crippen LogP contribution in [0.2, 0.25) is 0 Å². The number of aliphatic imine (C=N–C) groups is 1. The first-order valence-electron chi connectivity index (χ1n) is 4.11. The summed E-state index contributed by atoms with van der Waals surface area (Å²) in [5.74, 6) is 0. The molecule has 11 heavy (non-hydrogen) atoms. The topological polar surface area (TPSA) is 21.6 Å². The van der Waals surface area contributed by atoms with Gasteiger partial charge in [0.25, 0.3) is 0 Å². The molecule has 0 unspecified atom stereocenters. The summed E-state index contributed by atoms with van der Waals surface area (Å²) in [6.07, 6.45) is 1.09. The van der Waals surface area contributed by atoms with Gasteiger partial charge in [0.2, 0.25) is 0 Å². The van der Waals surface area contributed by atoms with Crippen molar-refractivity contribution in [1.29, 1.82) is 0 Å². The van der Waals surface area contributed by atoms with Crippen molar-refractivity contribution >= 4 is 5.71 Å². The lowest BCUT2D eigenvalue weighted by molar-refractivity contribution is 0.0821. The second-order valence-electron chi connectivity index (χ2n) is 3.18. The molecule has 2 nitrogen and oxygen atoms in total. The summed E-state index contributed by atoms with van der Waals surface area (Å²) in [7, 11) is 1.71. The van der Waals surface area contributed by atoms with Gasteiger partial charge in [-0.2, -0.15) is 0 Å². The van der Waals surface area contributed by atoms with Gasteiger partial charge in [0, 0.05) is 19.4 Å². The van der Waals surface area contributed by atoms with Crippen molar-refractivity contribution in [2.45, 2.75) is 39.7 Å². The first-order valence-corrected chi connectivity index (χ1v) is 4.11. The molecule has 0 spiro atoms. The fourth-order valence-corrected chi connectivity index (χ4v) is 0.618. The number of methoxy groups -OCH3 is 1. The molecular formula is C9H19NO. The number of hydrogen-bond acceptors (Lipinski definition) is 2. The molecule has 0 aromatic rings. The molecule has 0 aromatic heterocycles. The lowest BCUT2D eigenvalue weighted by Crippen LogP contribution is -2.31. The van der Waals surface area contributed by atoms with Gasteiger partial charge < -0.3 is 4.74 Å². The predicted molar refractivity (Wildman–Crippen MR) is 49.4 cm³/mol. The van der Waals surface area contributed by atoms with Gasteiger partial charge in [-0.3, -0.25) is 4.99 Å². The predicted octanol–water partition coefficient (Wildman–Crippen LogP) is 2.28. The fourth-order valence-electron chi connectivity index (χ4n) is 0.618. The van der Waals surface area contributed by atoms with Crippen LogP contribution in [0.25, 0.3) is 0 Å². The van der Waals surface area contributed by atoms with Crippen LogP contribution in [0.15, 0.2) is 4.99 Å². The van der Waals surface area contributed by atoms with Crippen LogP contribution in [0, 0.1) is 0 Å². The molecule has 0 amide bonds. The van der Waals surface area contributed by atoms with E-state index in [2.05, 4.69) is 11.9 Å². The largest absolute Gasteiger partial charge is 0.373 e. The summed E-state index contributed by atoms with van der Waals surface area (Å²) in [5.41, 5.74) is 0.872. The SMILES string of the molecule is CCCN=C(C)C(C)(C)OC. The van der Waals surface area contributed by atoms with Crippen LogP contribution >= 0.6 is 0 Å². The van der Waals surface area contributed by atoms with Gasteiger partial charge >= 0.3 is 0 Å². The minimum absolute atomic E-state index is 0.199. The van der Waals surface area contributed by atoms with Crippen molar-refractivity contribution in [1.82, 2.24) is 0 Å². The van der Waals surface area contributed by atoms with Gasteiger partial charge in [0.15, 0.2) is 0 Å². The third-order valence-electron chi connectivity index (χ3n) is 1.95. The minimum Gasteiger partial charge on any atom is -0.373 e. The van der Waals surface area contributed by atoms with E-state index < -0.39 is 0 Å². The zero-order chi connectivity index (χ0) is 8.91. The van der Waals surface area contributed by atoms with Crippen molar-refractivity contribution in [3.63, 3.8) is 0 Å². The van der Waals surface area contributed by atoms with Crippen LogP contribution in [-0.4, -0.2) is 25.0 Å². The molecule has 0 saturated heterocycles. The van der Waals surface area contributed by atoms with Crippen molar-refractivity contribution in [2.75, 3.05) is 13.7 Å². The molecule has 0 N–H and O–H groups in total. The summed E-state index contributed by atoms with van der Waals surface area (Å²) in [6.45, 7) is 9.09. The van der Waals surface area contributed by atoms with Crippen molar-refractivity contribution in [2.24, 2.45) is 4.99 Å². The van der Waals surface area contributed by atoms with Crippen LogP contribution < -0.4 is 0 Å². The summed E-state index contributed by atoms with van der Waals surface area (Å²) in [4.78, 5) is 4.38. The van der Waals surface area contributed by atoms with Gasteiger partial charge in [-0.1, -0.05) is 6.92 Å². The van der Waals surface area contributed by atoms with Gasteiger partial charge in [-0.25, -0.2) is 0 Å². The van der Waals surface area contributed by atoms with E-state index >= 15 is 0 Å². The third-order valence-corrected chi connectivity index (χ3v) is 1.95. The lowest BCUT2D eigenvalue weighted by Gasteiger charge is -2.22. The van der Waals surface area contributed by atoms with E-state index in [0.717, 1.165) is 18.7 Å². The number of hydrogen-bond donors (Lipinski definition) is 0. The van der Waals surface area contributed by atoms with Crippen molar-refractivity contribution in [3.05, 3.63) is 0 Å². The highest BCUT2D eigenvalue weighted by atomic mass is 16.5. The Labute approximate surface area is 69.7 Å². The average molecular weight is 157 g/mol. The molecule has 0 rings (SSSR count). The molecule has 2 heteroatoms. The molecule has 66 valence electrons. The quantitative estimate of drug-likeness (QED) is 0.574. The third kappa shape index (κ3) is 3.51. The monoisotopic (exact) mass is 157 g/mol. The van der Waals surface area contributed by atoms with Crippen LogP contribution in [0.3, 0.4) is 0 Å². The normalized spacial score (nSPS) is 13.7. The Kier molecular flexibility index (Phi) is 4.34. The van der Waals surface area contributed by atoms with E-state index in [9.17, 15) is 0 Å². The molecule has 0 aliphatic heterocycles. The zero-order valence-electron chi connectivity index (χ0n) is 8.27. The molecule has 0 atom stereocenters. The summed E-state index contributed by atoms with van der Waals surface area (Å²) in [6, 6.07) is 0. The highest BCUT2D eigenvalue weighted by Crippen LogP contribution is 2.09. The van der Waals surface area contributed by atoms with Crippen LogP contribution in [0.1, 0.15) is 34.1 Å². The maximum absolute atomic E-state index is 5.27. The van der Waals surface area contributed by atoms with Gasteiger partial charge in [-0.15, -0.1) is 0 Å². The second-order valence-corrected chi connectivity index (χ2v) is 3.18. The Bertz CT molecular complexity index is 138. The van der Waals surface area contributed by atoms with E-state index in [4.69, 9.17) is 4.74 Å². The minimum atomic E-state index is -0.199. The molecule has 0 bridgehead atoms. The first kappa shape index (κ1) is 10.6. The van der Waals surface area contributed by atoms with Crippen molar-refractivity contribution in [3.8, 4) is 0 Å². The molecule has 0 aromatic carbocycles.